The largest absolute Gasteiger partial charge is 0.355 e. The average molecular weight is 361 g/mol. The Morgan fingerprint density at radius 2 is 1.72 bits per heavy atom. The van der Waals surface area contributed by atoms with E-state index in [4.69, 9.17) is 0 Å². The van der Waals surface area contributed by atoms with Crippen LogP contribution in [0.1, 0.15) is 38.5 Å². The van der Waals surface area contributed by atoms with E-state index in [1.54, 1.807) is 18.5 Å². The molecule has 2 aromatic rings. The van der Waals surface area contributed by atoms with Crippen LogP contribution in [0, 0.1) is 17.0 Å². The Kier molecular flexibility index (Phi) is 4.63. The van der Waals surface area contributed by atoms with Crippen LogP contribution >= 0.6 is 11.8 Å². The fraction of sp³-hybridized carbons (Fsp3) is 0.474. The van der Waals surface area contributed by atoms with Crippen molar-refractivity contribution in [3.63, 3.8) is 0 Å². The van der Waals surface area contributed by atoms with Crippen LogP contribution in [0.4, 0.5) is 14.6 Å². The van der Waals surface area contributed by atoms with Gasteiger partial charge in [-0.25, -0.2) is 18.7 Å². The third kappa shape index (κ3) is 3.50. The second kappa shape index (κ2) is 6.90. The summed E-state index contributed by atoms with van der Waals surface area (Å²) < 4.78 is 27.0. The molecule has 4 rings (SSSR count). The van der Waals surface area contributed by atoms with Gasteiger partial charge in [0.15, 0.2) is 11.6 Å². The Hall–Kier alpha value is -1.69. The molecule has 1 aromatic heterocycles. The Labute approximate surface area is 150 Å². The smallest absolute Gasteiger partial charge is 0.172 e. The number of rotatable bonds is 3. The van der Waals surface area contributed by atoms with Crippen LogP contribution in [0.2, 0.25) is 0 Å². The maximum Gasteiger partial charge on any atom is 0.172 e. The van der Waals surface area contributed by atoms with Gasteiger partial charge in [-0.1, -0.05) is 30.7 Å². The first kappa shape index (κ1) is 16.8. The van der Waals surface area contributed by atoms with Crippen LogP contribution in [0.3, 0.4) is 0 Å². The number of aromatic nitrogens is 2. The molecule has 0 N–H and O–H groups in total. The topological polar surface area (TPSA) is 29.0 Å². The van der Waals surface area contributed by atoms with Crippen LogP contribution in [0.25, 0.3) is 0 Å². The first-order valence-electron chi connectivity index (χ1n) is 8.84. The molecule has 132 valence electrons. The Balaban J connectivity index is 1.41. The van der Waals surface area contributed by atoms with Gasteiger partial charge >= 0.3 is 0 Å². The van der Waals surface area contributed by atoms with Gasteiger partial charge in [0, 0.05) is 13.1 Å². The first-order valence-corrected chi connectivity index (χ1v) is 9.66. The molecular formula is C19H21F2N3S. The zero-order valence-electron chi connectivity index (χ0n) is 14.0. The quantitative estimate of drug-likeness (QED) is 0.763. The molecule has 1 saturated heterocycles. The molecule has 2 aliphatic rings. The van der Waals surface area contributed by atoms with Crippen molar-refractivity contribution in [3.8, 4) is 0 Å². The summed E-state index contributed by atoms with van der Waals surface area (Å²) in [5, 5.41) is 0.567. The summed E-state index contributed by atoms with van der Waals surface area (Å²) >= 11 is 1.09. The van der Waals surface area contributed by atoms with Crippen molar-refractivity contribution in [1.29, 1.82) is 0 Å². The highest BCUT2D eigenvalue weighted by Gasteiger charge is 2.37. The third-order valence-corrected chi connectivity index (χ3v) is 6.51. The Morgan fingerprint density at radius 3 is 2.40 bits per heavy atom. The van der Waals surface area contributed by atoms with Gasteiger partial charge in [0.05, 0.1) is 17.3 Å². The highest BCUT2D eigenvalue weighted by Crippen LogP contribution is 2.46. The van der Waals surface area contributed by atoms with E-state index in [0.29, 0.717) is 10.4 Å². The Morgan fingerprint density at radius 1 is 0.960 bits per heavy atom. The van der Waals surface area contributed by atoms with Crippen molar-refractivity contribution in [3.05, 3.63) is 42.2 Å². The van der Waals surface area contributed by atoms with Gasteiger partial charge in [-0.3, -0.25) is 0 Å². The lowest BCUT2D eigenvalue weighted by atomic mass is 9.77. The second-order valence-corrected chi connectivity index (χ2v) is 8.12. The lowest BCUT2D eigenvalue weighted by Crippen LogP contribution is -2.39. The maximum atomic E-state index is 13.8. The minimum atomic E-state index is -0.844. The molecule has 1 aliphatic carbocycles. The van der Waals surface area contributed by atoms with Crippen molar-refractivity contribution in [1.82, 2.24) is 9.97 Å². The third-order valence-electron chi connectivity index (χ3n) is 5.56. The number of anilines is 1. The number of piperidine rings is 1. The minimum Gasteiger partial charge on any atom is -0.355 e. The number of hydrogen-bond acceptors (Lipinski definition) is 4. The van der Waals surface area contributed by atoms with E-state index in [1.165, 1.54) is 44.6 Å². The molecule has 1 aromatic carbocycles. The fourth-order valence-electron chi connectivity index (χ4n) is 4.04. The van der Waals surface area contributed by atoms with E-state index in [9.17, 15) is 8.78 Å². The lowest BCUT2D eigenvalue weighted by Gasteiger charge is -2.39. The molecule has 0 unspecified atom stereocenters. The fourth-order valence-corrected chi connectivity index (χ4v) is 4.81. The van der Waals surface area contributed by atoms with E-state index in [1.807, 2.05) is 0 Å². The number of nitrogens with zero attached hydrogens (tertiary/aromatic N) is 3. The highest BCUT2D eigenvalue weighted by atomic mass is 32.2. The minimum absolute atomic E-state index is 0.225. The van der Waals surface area contributed by atoms with Crippen molar-refractivity contribution in [2.45, 2.75) is 48.4 Å². The lowest BCUT2D eigenvalue weighted by molar-refractivity contribution is 0.226. The molecule has 1 saturated carbocycles. The maximum absolute atomic E-state index is 13.8. The summed E-state index contributed by atoms with van der Waals surface area (Å²) in [5.41, 5.74) is 0.578. The zero-order valence-corrected chi connectivity index (χ0v) is 14.9. The molecule has 2 fully saturated rings. The summed E-state index contributed by atoms with van der Waals surface area (Å²) in [6.07, 6.45) is 11.4. The molecule has 0 amide bonds. The van der Waals surface area contributed by atoms with Crippen LogP contribution < -0.4 is 4.90 Å². The number of hydrogen-bond donors (Lipinski definition) is 0. The molecule has 0 bridgehead atoms. The highest BCUT2D eigenvalue weighted by molar-refractivity contribution is 7.99. The molecule has 1 aliphatic heterocycles. The standard InChI is InChI=1S/C19H21F2N3S/c20-14-4-3-5-15(18(14)21)25-17-13-22-16(12-23-17)24-10-8-19(9-11-24)6-1-2-7-19/h3-5,12-13H,1-2,6-11H2. The van der Waals surface area contributed by atoms with E-state index >= 15 is 0 Å². The SMILES string of the molecule is Fc1cccc(Sc2cnc(N3CCC4(CCCC4)CC3)cn2)c1F. The van der Waals surface area contributed by atoms with Crippen LogP contribution in [-0.4, -0.2) is 23.1 Å². The van der Waals surface area contributed by atoms with Gasteiger partial charge in [0.25, 0.3) is 0 Å². The normalized spacial score (nSPS) is 19.5. The van der Waals surface area contributed by atoms with Crippen molar-refractivity contribution < 1.29 is 8.78 Å². The summed E-state index contributed by atoms with van der Waals surface area (Å²) in [6, 6.07) is 4.15. The van der Waals surface area contributed by atoms with Crippen molar-refractivity contribution >= 4 is 17.6 Å². The first-order chi connectivity index (χ1) is 12.2. The molecule has 0 atom stereocenters. The van der Waals surface area contributed by atoms with Crippen LogP contribution in [0.5, 0.6) is 0 Å². The van der Waals surface area contributed by atoms with E-state index in [2.05, 4.69) is 14.9 Å². The second-order valence-electron chi connectivity index (χ2n) is 7.06. The van der Waals surface area contributed by atoms with Gasteiger partial charge < -0.3 is 4.90 Å². The number of halogens is 2. The van der Waals surface area contributed by atoms with E-state index in [0.717, 1.165) is 36.7 Å². The molecule has 1 spiro atoms. The molecule has 25 heavy (non-hydrogen) atoms. The van der Waals surface area contributed by atoms with Crippen LogP contribution in [0.15, 0.2) is 40.5 Å². The predicted octanol–water partition coefficient (Wildman–Crippen LogP) is 5.07. The molecule has 3 nitrogen and oxygen atoms in total. The van der Waals surface area contributed by atoms with Crippen molar-refractivity contribution in [2.75, 3.05) is 18.0 Å². The van der Waals surface area contributed by atoms with Gasteiger partial charge in [0.1, 0.15) is 10.8 Å². The van der Waals surface area contributed by atoms with Gasteiger partial charge in [0.2, 0.25) is 0 Å². The Bertz CT molecular complexity index is 735. The van der Waals surface area contributed by atoms with Gasteiger partial charge in [-0.2, -0.15) is 0 Å². The summed E-state index contributed by atoms with van der Waals surface area (Å²) in [7, 11) is 0. The van der Waals surface area contributed by atoms with E-state index < -0.39 is 11.6 Å². The summed E-state index contributed by atoms with van der Waals surface area (Å²) in [4.78, 5) is 11.4. The molecule has 2 heterocycles. The van der Waals surface area contributed by atoms with Gasteiger partial charge in [-0.05, 0) is 43.2 Å². The van der Waals surface area contributed by atoms with Gasteiger partial charge in [-0.15, -0.1) is 0 Å². The summed E-state index contributed by atoms with van der Waals surface area (Å²) in [6.45, 7) is 2.05. The van der Waals surface area contributed by atoms with E-state index in [-0.39, 0.29) is 4.90 Å². The molecule has 6 heteroatoms. The average Bonchev–Trinajstić information content (AvgIpc) is 3.09. The molecular weight excluding hydrogens is 340 g/mol. The summed E-state index contributed by atoms with van der Waals surface area (Å²) in [5.74, 6) is -0.808. The zero-order chi connectivity index (χ0) is 17.3. The molecule has 0 radical (unpaired) electrons. The predicted molar refractivity (Wildman–Crippen MR) is 94.9 cm³/mol. The number of benzene rings is 1. The monoisotopic (exact) mass is 361 g/mol. The van der Waals surface area contributed by atoms with Crippen LogP contribution in [-0.2, 0) is 0 Å². The van der Waals surface area contributed by atoms with Crippen molar-refractivity contribution in [2.24, 2.45) is 5.41 Å².